The highest BCUT2D eigenvalue weighted by Gasteiger charge is 2.19. The molecule has 2 N–H and O–H groups in total. The average Bonchev–Trinajstić information content (AvgIpc) is 2.49. The van der Waals surface area contributed by atoms with E-state index in [4.69, 9.17) is 10.3 Å². The van der Waals surface area contributed by atoms with Crippen molar-refractivity contribution in [3.8, 4) is 0 Å². The van der Waals surface area contributed by atoms with Crippen molar-refractivity contribution in [2.75, 3.05) is 23.7 Å². The first kappa shape index (κ1) is 8.87. The van der Waals surface area contributed by atoms with E-state index in [0.29, 0.717) is 5.88 Å². The SMILES string of the molecule is Nc1onc(N2CCCCC2)c1Br. The maximum atomic E-state index is 5.54. The fraction of sp³-hybridized carbons (Fsp3) is 0.625. The molecule has 0 saturated carbocycles. The van der Waals surface area contributed by atoms with Gasteiger partial charge in [0.15, 0.2) is 5.82 Å². The summed E-state index contributed by atoms with van der Waals surface area (Å²) in [7, 11) is 0. The van der Waals surface area contributed by atoms with E-state index >= 15 is 0 Å². The summed E-state index contributed by atoms with van der Waals surface area (Å²) in [6.07, 6.45) is 3.75. The molecule has 0 amide bonds. The van der Waals surface area contributed by atoms with Crippen LogP contribution in [0.15, 0.2) is 9.00 Å². The van der Waals surface area contributed by atoms with E-state index in [9.17, 15) is 0 Å². The van der Waals surface area contributed by atoms with Crippen molar-refractivity contribution in [1.29, 1.82) is 0 Å². The quantitative estimate of drug-likeness (QED) is 0.823. The first-order valence-electron chi connectivity index (χ1n) is 4.44. The molecule has 0 bridgehead atoms. The number of piperidine rings is 1. The number of hydrogen-bond donors (Lipinski definition) is 1. The Morgan fingerprint density at radius 1 is 1.31 bits per heavy atom. The number of nitrogens with zero attached hydrogens (tertiary/aromatic N) is 2. The monoisotopic (exact) mass is 245 g/mol. The Hall–Kier alpha value is -0.710. The van der Waals surface area contributed by atoms with Crippen LogP contribution >= 0.6 is 15.9 Å². The molecular weight excluding hydrogens is 234 g/mol. The molecule has 5 heteroatoms. The molecule has 1 fully saturated rings. The van der Waals surface area contributed by atoms with Gasteiger partial charge in [0.1, 0.15) is 4.47 Å². The van der Waals surface area contributed by atoms with Gasteiger partial charge in [-0.3, -0.25) is 0 Å². The standard InChI is InChI=1S/C8H12BrN3O/c9-6-7(10)13-11-8(6)12-4-2-1-3-5-12/h1-5,10H2. The van der Waals surface area contributed by atoms with Crippen LogP contribution in [-0.2, 0) is 0 Å². The van der Waals surface area contributed by atoms with E-state index in [-0.39, 0.29) is 0 Å². The number of halogens is 1. The normalized spacial score (nSPS) is 17.8. The highest BCUT2D eigenvalue weighted by Crippen LogP contribution is 2.31. The number of anilines is 2. The Kier molecular flexibility index (Phi) is 2.44. The predicted octanol–water partition coefficient (Wildman–Crippen LogP) is 2.01. The highest BCUT2D eigenvalue weighted by atomic mass is 79.9. The first-order chi connectivity index (χ1) is 6.29. The van der Waals surface area contributed by atoms with Gasteiger partial charge in [-0.15, -0.1) is 0 Å². The van der Waals surface area contributed by atoms with Crippen LogP contribution in [0.3, 0.4) is 0 Å². The van der Waals surface area contributed by atoms with Crippen LogP contribution in [-0.4, -0.2) is 18.2 Å². The first-order valence-corrected chi connectivity index (χ1v) is 5.24. The Labute approximate surface area is 85.2 Å². The summed E-state index contributed by atoms with van der Waals surface area (Å²) < 4.78 is 5.67. The van der Waals surface area contributed by atoms with Crippen LogP contribution in [0.4, 0.5) is 11.7 Å². The number of aromatic nitrogens is 1. The molecule has 1 aromatic heterocycles. The van der Waals surface area contributed by atoms with Crippen molar-refractivity contribution >= 4 is 27.6 Å². The summed E-state index contributed by atoms with van der Waals surface area (Å²) in [6.45, 7) is 2.09. The van der Waals surface area contributed by atoms with Gasteiger partial charge >= 0.3 is 0 Å². The van der Waals surface area contributed by atoms with Crippen LogP contribution in [0.1, 0.15) is 19.3 Å². The van der Waals surface area contributed by atoms with Gasteiger partial charge in [-0.25, -0.2) is 0 Å². The topological polar surface area (TPSA) is 55.3 Å². The largest absolute Gasteiger partial charge is 0.367 e. The van der Waals surface area contributed by atoms with Crippen molar-refractivity contribution < 1.29 is 4.52 Å². The second-order valence-electron chi connectivity index (χ2n) is 3.23. The molecule has 2 rings (SSSR count). The molecule has 1 aliphatic rings. The summed E-state index contributed by atoms with van der Waals surface area (Å²) in [5.41, 5.74) is 5.54. The molecule has 13 heavy (non-hydrogen) atoms. The fourth-order valence-corrected chi connectivity index (χ4v) is 1.98. The van der Waals surface area contributed by atoms with Crippen molar-refractivity contribution in [2.45, 2.75) is 19.3 Å². The van der Waals surface area contributed by atoms with Crippen molar-refractivity contribution in [1.82, 2.24) is 5.16 Å². The molecule has 0 radical (unpaired) electrons. The van der Waals surface area contributed by atoms with Crippen molar-refractivity contribution in [3.05, 3.63) is 4.47 Å². The molecule has 1 aromatic rings. The molecule has 0 unspecified atom stereocenters. The minimum Gasteiger partial charge on any atom is -0.367 e. The molecule has 1 saturated heterocycles. The molecule has 0 atom stereocenters. The average molecular weight is 246 g/mol. The van der Waals surface area contributed by atoms with Crippen LogP contribution in [0.2, 0.25) is 0 Å². The van der Waals surface area contributed by atoms with Gasteiger partial charge in [0.05, 0.1) is 0 Å². The van der Waals surface area contributed by atoms with Gasteiger partial charge < -0.3 is 15.2 Å². The molecule has 2 heterocycles. The maximum Gasteiger partial charge on any atom is 0.238 e. The molecule has 72 valence electrons. The van der Waals surface area contributed by atoms with E-state index in [1.807, 2.05) is 0 Å². The summed E-state index contributed by atoms with van der Waals surface area (Å²) in [5.74, 6) is 1.21. The van der Waals surface area contributed by atoms with Crippen LogP contribution in [0.25, 0.3) is 0 Å². The lowest BCUT2D eigenvalue weighted by atomic mass is 10.1. The van der Waals surface area contributed by atoms with Gasteiger partial charge in [0, 0.05) is 13.1 Å². The van der Waals surface area contributed by atoms with Gasteiger partial charge in [0.2, 0.25) is 5.88 Å². The maximum absolute atomic E-state index is 5.54. The smallest absolute Gasteiger partial charge is 0.238 e. The van der Waals surface area contributed by atoms with E-state index in [2.05, 4.69) is 26.0 Å². The summed E-state index contributed by atoms with van der Waals surface area (Å²) in [6, 6.07) is 0. The zero-order valence-corrected chi connectivity index (χ0v) is 8.88. The lowest BCUT2D eigenvalue weighted by Crippen LogP contribution is -2.29. The van der Waals surface area contributed by atoms with Crippen LogP contribution in [0, 0.1) is 0 Å². The minimum atomic E-state index is 0.362. The van der Waals surface area contributed by atoms with Gasteiger partial charge in [0.25, 0.3) is 0 Å². The minimum absolute atomic E-state index is 0.362. The molecular formula is C8H12BrN3O. The Balaban J connectivity index is 2.18. The third-order valence-electron chi connectivity index (χ3n) is 2.30. The van der Waals surface area contributed by atoms with Crippen molar-refractivity contribution in [2.24, 2.45) is 0 Å². The number of hydrogen-bond acceptors (Lipinski definition) is 4. The predicted molar refractivity (Wildman–Crippen MR) is 54.7 cm³/mol. The second-order valence-corrected chi connectivity index (χ2v) is 4.03. The van der Waals surface area contributed by atoms with E-state index < -0.39 is 0 Å². The zero-order chi connectivity index (χ0) is 9.26. The summed E-state index contributed by atoms with van der Waals surface area (Å²) >= 11 is 3.36. The lowest BCUT2D eigenvalue weighted by molar-refractivity contribution is 0.431. The Morgan fingerprint density at radius 2 is 2.00 bits per heavy atom. The molecule has 1 aliphatic heterocycles. The Morgan fingerprint density at radius 3 is 2.54 bits per heavy atom. The number of nitrogens with two attached hydrogens (primary N) is 1. The third-order valence-corrected chi connectivity index (χ3v) is 3.04. The molecule has 0 aliphatic carbocycles. The second kappa shape index (κ2) is 3.57. The Bertz CT molecular complexity index is 294. The van der Waals surface area contributed by atoms with Gasteiger partial charge in [-0.1, -0.05) is 5.16 Å². The van der Waals surface area contributed by atoms with Gasteiger partial charge in [-0.05, 0) is 35.2 Å². The zero-order valence-electron chi connectivity index (χ0n) is 7.29. The van der Waals surface area contributed by atoms with Crippen LogP contribution < -0.4 is 10.6 Å². The lowest BCUT2D eigenvalue weighted by Gasteiger charge is -2.26. The number of nitrogen functional groups attached to an aromatic ring is 1. The summed E-state index contributed by atoms with van der Waals surface area (Å²) in [4.78, 5) is 2.20. The van der Waals surface area contributed by atoms with Crippen LogP contribution in [0.5, 0.6) is 0 Å². The van der Waals surface area contributed by atoms with E-state index in [1.54, 1.807) is 0 Å². The number of rotatable bonds is 1. The fourth-order valence-electron chi connectivity index (χ4n) is 1.59. The highest BCUT2D eigenvalue weighted by molar-refractivity contribution is 9.10. The molecule has 4 nitrogen and oxygen atoms in total. The third kappa shape index (κ3) is 1.65. The van der Waals surface area contributed by atoms with Gasteiger partial charge in [-0.2, -0.15) is 0 Å². The summed E-state index contributed by atoms with van der Waals surface area (Å²) in [5, 5.41) is 3.92. The van der Waals surface area contributed by atoms with E-state index in [1.165, 1.54) is 19.3 Å². The van der Waals surface area contributed by atoms with Crippen molar-refractivity contribution in [3.63, 3.8) is 0 Å². The molecule has 0 aromatic carbocycles. The van der Waals surface area contributed by atoms with E-state index in [0.717, 1.165) is 23.4 Å². The molecule has 0 spiro atoms.